The van der Waals surface area contributed by atoms with E-state index in [1.807, 2.05) is 29.2 Å². The van der Waals surface area contributed by atoms with Crippen LogP contribution in [0.4, 0.5) is 5.69 Å². The van der Waals surface area contributed by atoms with E-state index >= 15 is 0 Å². The van der Waals surface area contributed by atoms with Gasteiger partial charge in [-0.05, 0) is 30.4 Å². The minimum absolute atomic E-state index is 0.0112. The van der Waals surface area contributed by atoms with Gasteiger partial charge in [0.2, 0.25) is 0 Å². The van der Waals surface area contributed by atoms with Crippen molar-refractivity contribution in [1.29, 1.82) is 0 Å². The lowest BCUT2D eigenvalue weighted by Crippen LogP contribution is -2.41. The number of rotatable bonds is 1. The zero-order valence-electron chi connectivity index (χ0n) is 12.6. The highest BCUT2D eigenvalue weighted by atomic mass is 16.2. The predicted molar refractivity (Wildman–Crippen MR) is 85.1 cm³/mol. The number of benzene rings is 1. The van der Waals surface area contributed by atoms with Gasteiger partial charge in [0, 0.05) is 24.2 Å². The number of carbonyl (C=O) groups excluding carboxylic acids is 1. The number of hydrogen-bond donors (Lipinski definition) is 1. The van der Waals surface area contributed by atoms with Crippen LogP contribution in [0.3, 0.4) is 0 Å². The van der Waals surface area contributed by atoms with E-state index in [1.165, 1.54) is 0 Å². The molecule has 21 heavy (non-hydrogen) atoms. The van der Waals surface area contributed by atoms with Crippen molar-refractivity contribution < 1.29 is 4.79 Å². The SMILES string of the molecule is CC1(C)CCN(C(=O)c2cc(N)c3ccccc3n2)CC1. The molecule has 0 atom stereocenters. The number of nitrogen functional groups attached to an aromatic ring is 1. The fourth-order valence-electron chi connectivity index (χ4n) is 2.79. The number of fused-ring (bicyclic) bond motifs is 1. The molecule has 0 saturated carbocycles. The Hall–Kier alpha value is -2.10. The van der Waals surface area contributed by atoms with Gasteiger partial charge in [-0.15, -0.1) is 0 Å². The normalized spacial score (nSPS) is 17.9. The fourth-order valence-corrected chi connectivity index (χ4v) is 2.79. The Morgan fingerprint density at radius 2 is 1.90 bits per heavy atom. The highest BCUT2D eigenvalue weighted by Gasteiger charge is 2.29. The van der Waals surface area contributed by atoms with E-state index in [1.54, 1.807) is 6.07 Å². The van der Waals surface area contributed by atoms with E-state index in [-0.39, 0.29) is 5.91 Å². The van der Waals surface area contributed by atoms with Gasteiger partial charge in [0.25, 0.3) is 5.91 Å². The second kappa shape index (κ2) is 5.02. The van der Waals surface area contributed by atoms with E-state index in [0.717, 1.165) is 36.8 Å². The zero-order valence-corrected chi connectivity index (χ0v) is 12.6. The summed E-state index contributed by atoms with van der Waals surface area (Å²) < 4.78 is 0. The number of pyridine rings is 1. The summed E-state index contributed by atoms with van der Waals surface area (Å²) in [4.78, 5) is 19.0. The Morgan fingerprint density at radius 1 is 1.24 bits per heavy atom. The predicted octanol–water partition coefficient (Wildman–Crippen LogP) is 3.08. The second-order valence-electron chi connectivity index (χ2n) is 6.57. The lowest BCUT2D eigenvalue weighted by Gasteiger charge is -2.36. The van der Waals surface area contributed by atoms with Crippen LogP contribution in [0.5, 0.6) is 0 Å². The number of likely N-dealkylation sites (tertiary alicyclic amines) is 1. The Morgan fingerprint density at radius 3 is 2.62 bits per heavy atom. The average molecular weight is 283 g/mol. The van der Waals surface area contributed by atoms with Crippen LogP contribution in [0.25, 0.3) is 10.9 Å². The van der Waals surface area contributed by atoms with Gasteiger partial charge in [0.1, 0.15) is 5.69 Å². The minimum Gasteiger partial charge on any atom is -0.398 e. The largest absolute Gasteiger partial charge is 0.398 e. The topological polar surface area (TPSA) is 59.2 Å². The molecule has 0 unspecified atom stereocenters. The molecule has 110 valence electrons. The number of nitrogens with zero attached hydrogens (tertiary/aromatic N) is 2. The second-order valence-corrected chi connectivity index (χ2v) is 6.57. The number of carbonyl (C=O) groups is 1. The first-order valence-corrected chi connectivity index (χ1v) is 7.41. The molecule has 2 N–H and O–H groups in total. The van der Waals surface area contributed by atoms with Crippen molar-refractivity contribution in [2.24, 2.45) is 5.41 Å². The van der Waals surface area contributed by atoms with Crippen LogP contribution in [-0.2, 0) is 0 Å². The first-order valence-electron chi connectivity index (χ1n) is 7.41. The molecular formula is C17H21N3O. The van der Waals surface area contributed by atoms with Crippen molar-refractivity contribution in [3.63, 3.8) is 0 Å². The summed E-state index contributed by atoms with van der Waals surface area (Å²) in [6, 6.07) is 9.35. The van der Waals surface area contributed by atoms with Crippen LogP contribution in [-0.4, -0.2) is 28.9 Å². The summed E-state index contributed by atoms with van der Waals surface area (Å²) in [6.45, 7) is 6.09. The van der Waals surface area contributed by atoms with E-state index in [0.29, 0.717) is 16.8 Å². The monoisotopic (exact) mass is 283 g/mol. The highest BCUT2D eigenvalue weighted by molar-refractivity contribution is 5.99. The van der Waals surface area contributed by atoms with Crippen molar-refractivity contribution in [3.8, 4) is 0 Å². The third-order valence-electron chi connectivity index (χ3n) is 4.37. The van der Waals surface area contributed by atoms with E-state index in [2.05, 4.69) is 18.8 Å². The van der Waals surface area contributed by atoms with Crippen molar-refractivity contribution in [2.75, 3.05) is 18.8 Å². The molecule has 2 heterocycles. The average Bonchev–Trinajstić information content (AvgIpc) is 2.46. The van der Waals surface area contributed by atoms with Crippen LogP contribution in [0.2, 0.25) is 0 Å². The highest BCUT2D eigenvalue weighted by Crippen LogP contribution is 2.30. The lowest BCUT2D eigenvalue weighted by molar-refractivity contribution is 0.0625. The summed E-state index contributed by atoms with van der Waals surface area (Å²) >= 11 is 0. The van der Waals surface area contributed by atoms with Crippen LogP contribution in [0.1, 0.15) is 37.2 Å². The molecule has 1 fully saturated rings. The van der Waals surface area contributed by atoms with E-state index in [4.69, 9.17) is 5.73 Å². The quantitative estimate of drug-likeness (QED) is 0.875. The van der Waals surface area contributed by atoms with Gasteiger partial charge in [0.05, 0.1) is 5.52 Å². The third kappa shape index (κ3) is 2.71. The van der Waals surface area contributed by atoms with Gasteiger partial charge in [0.15, 0.2) is 0 Å². The molecule has 4 nitrogen and oxygen atoms in total. The van der Waals surface area contributed by atoms with E-state index < -0.39 is 0 Å². The van der Waals surface area contributed by atoms with Crippen molar-refractivity contribution in [2.45, 2.75) is 26.7 Å². The zero-order chi connectivity index (χ0) is 15.0. The number of piperidine rings is 1. The summed E-state index contributed by atoms with van der Waals surface area (Å²) in [5, 5.41) is 0.897. The molecular weight excluding hydrogens is 262 g/mol. The maximum absolute atomic E-state index is 12.6. The van der Waals surface area contributed by atoms with Crippen LogP contribution < -0.4 is 5.73 Å². The third-order valence-corrected chi connectivity index (χ3v) is 4.37. The molecule has 1 aromatic heterocycles. The molecule has 1 aliphatic rings. The summed E-state index contributed by atoms with van der Waals surface area (Å²) in [7, 11) is 0. The van der Waals surface area contributed by atoms with Gasteiger partial charge in [-0.2, -0.15) is 0 Å². The maximum atomic E-state index is 12.6. The summed E-state index contributed by atoms with van der Waals surface area (Å²) in [6.07, 6.45) is 2.06. The van der Waals surface area contributed by atoms with Gasteiger partial charge in [-0.1, -0.05) is 32.0 Å². The van der Waals surface area contributed by atoms with Gasteiger partial charge in [-0.3, -0.25) is 4.79 Å². The fraction of sp³-hybridized carbons (Fsp3) is 0.412. The first kappa shape index (κ1) is 13.9. The standard InChI is InChI=1S/C17H21N3O/c1-17(2)7-9-20(10-8-17)16(21)15-11-13(18)12-5-3-4-6-14(12)19-15/h3-6,11H,7-10H2,1-2H3,(H2,18,19). The molecule has 0 aliphatic carbocycles. The Kier molecular flexibility index (Phi) is 3.32. The number of nitrogens with two attached hydrogens (primary N) is 1. The van der Waals surface area contributed by atoms with Crippen molar-refractivity contribution in [1.82, 2.24) is 9.88 Å². The minimum atomic E-state index is -0.0112. The molecule has 1 saturated heterocycles. The number of para-hydroxylation sites is 1. The van der Waals surface area contributed by atoms with Gasteiger partial charge < -0.3 is 10.6 Å². The smallest absolute Gasteiger partial charge is 0.272 e. The van der Waals surface area contributed by atoms with E-state index in [9.17, 15) is 4.79 Å². The Bertz CT molecular complexity index is 683. The Balaban J connectivity index is 1.88. The molecule has 1 amide bonds. The molecule has 4 heteroatoms. The summed E-state index contributed by atoms with van der Waals surface area (Å²) in [5.74, 6) is -0.0112. The Labute approximate surface area is 125 Å². The number of aromatic nitrogens is 1. The van der Waals surface area contributed by atoms with Gasteiger partial charge in [-0.25, -0.2) is 4.98 Å². The molecule has 3 rings (SSSR count). The van der Waals surface area contributed by atoms with Crippen LogP contribution >= 0.6 is 0 Å². The molecule has 0 spiro atoms. The number of amides is 1. The van der Waals surface area contributed by atoms with Crippen molar-refractivity contribution in [3.05, 3.63) is 36.0 Å². The lowest BCUT2D eigenvalue weighted by atomic mass is 9.82. The maximum Gasteiger partial charge on any atom is 0.272 e. The molecule has 0 radical (unpaired) electrons. The molecule has 0 bridgehead atoms. The number of hydrogen-bond acceptors (Lipinski definition) is 3. The van der Waals surface area contributed by atoms with Crippen LogP contribution in [0, 0.1) is 5.41 Å². The van der Waals surface area contributed by atoms with Gasteiger partial charge >= 0.3 is 0 Å². The molecule has 1 aromatic carbocycles. The first-order chi connectivity index (χ1) is 9.96. The van der Waals surface area contributed by atoms with Crippen molar-refractivity contribution >= 4 is 22.5 Å². The molecule has 2 aromatic rings. The summed E-state index contributed by atoms with van der Waals surface area (Å²) in [5.41, 5.74) is 8.22. The van der Waals surface area contributed by atoms with Crippen LogP contribution in [0.15, 0.2) is 30.3 Å². The number of anilines is 1. The molecule has 1 aliphatic heterocycles.